The van der Waals surface area contributed by atoms with Crippen LogP contribution in [0.15, 0.2) is 72.5 Å². The van der Waals surface area contributed by atoms with E-state index in [1.54, 1.807) is 37.8 Å². The number of carbonyl (C=O) groups is 1. The lowest BCUT2D eigenvalue weighted by Gasteiger charge is -2.15. The van der Waals surface area contributed by atoms with Crippen LogP contribution in [0, 0.1) is 0 Å². The van der Waals surface area contributed by atoms with Crippen LogP contribution in [0.2, 0.25) is 0 Å². The summed E-state index contributed by atoms with van der Waals surface area (Å²) in [6.45, 7) is 1.91. The number of anilines is 2. The van der Waals surface area contributed by atoms with Crippen LogP contribution in [0.4, 0.5) is 11.5 Å². The van der Waals surface area contributed by atoms with Gasteiger partial charge in [-0.05, 0) is 43.3 Å². The molecule has 8 heteroatoms. The van der Waals surface area contributed by atoms with E-state index in [0.29, 0.717) is 17.1 Å². The number of para-hydroxylation sites is 2. The average molecular weight is 432 g/mol. The number of pyridine rings is 2. The number of aromatic nitrogens is 3. The van der Waals surface area contributed by atoms with Gasteiger partial charge in [-0.1, -0.05) is 12.1 Å². The van der Waals surface area contributed by atoms with Gasteiger partial charge in [-0.2, -0.15) is 0 Å². The molecule has 0 aliphatic heterocycles. The van der Waals surface area contributed by atoms with Crippen LogP contribution in [0.25, 0.3) is 11.3 Å². The largest absolute Gasteiger partial charge is 0.495 e. The SMILES string of the molecule is COc1ccccc1Nc1ncccc1C(=O)NC(C)c1nc(-c2ccncc2)cs1. The maximum atomic E-state index is 13.0. The molecule has 3 heterocycles. The van der Waals surface area contributed by atoms with E-state index < -0.39 is 0 Å². The van der Waals surface area contributed by atoms with Gasteiger partial charge < -0.3 is 15.4 Å². The predicted molar refractivity (Wildman–Crippen MR) is 122 cm³/mol. The number of amides is 1. The van der Waals surface area contributed by atoms with Crippen molar-refractivity contribution >= 4 is 28.7 Å². The van der Waals surface area contributed by atoms with Gasteiger partial charge >= 0.3 is 0 Å². The summed E-state index contributed by atoms with van der Waals surface area (Å²) in [5, 5.41) is 9.01. The molecule has 0 spiro atoms. The quantitative estimate of drug-likeness (QED) is 0.435. The number of benzene rings is 1. The van der Waals surface area contributed by atoms with Crippen LogP contribution >= 0.6 is 11.3 Å². The molecule has 3 aromatic heterocycles. The highest BCUT2D eigenvalue weighted by Gasteiger charge is 2.18. The van der Waals surface area contributed by atoms with Gasteiger partial charge in [-0.3, -0.25) is 9.78 Å². The molecule has 1 aromatic carbocycles. The second-order valence-corrected chi connectivity index (χ2v) is 7.62. The third kappa shape index (κ3) is 4.70. The molecular formula is C23H21N5O2S. The molecule has 0 saturated heterocycles. The fourth-order valence-electron chi connectivity index (χ4n) is 3.04. The van der Waals surface area contributed by atoms with Gasteiger partial charge in [0.25, 0.3) is 5.91 Å². The normalized spacial score (nSPS) is 11.5. The highest BCUT2D eigenvalue weighted by atomic mass is 32.1. The maximum Gasteiger partial charge on any atom is 0.255 e. The lowest BCUT2D eigenvalue weighted by Crippen LogP contribution is -2.27. The Morgan fingerprint density at radius 1 is 1.06 bits per heavy atom. The molecule has 1 amide bonds. The maximum absolute atomic E-state index is 13.0. The summed E-state index contributed by atoms with van der Waals surface area (Å²) in [4.78, 5) is 26.1. The molecule has 0 aliphatic carbocycles. The number of nitrogens with zero attached hydrogens (tertiary/aromatic N) is 3. The topological polar surface area (TPSA) is 89.0 Å². The van der Waals surface area contributed by atoms with Crippen molar-refractivity contribution in [1.82, 2.24) is 20.3 Å². The first-order valence-electron chi connectivity index (χ1n) is 9.67. The number of hydrogen-bond acceptors (Lipinski definition) is 7. The van der Waals surface area contributed by atoms with Gasteiger partial charge in [0, 0.05) is 29.5 Å². The average Bonchev–Trinajstić information content (AvgIpc) is 3.31. The standard InChI is InChI=1S/C23H21N5O2S/c1-15(23-28-19(14-31-23)16-9-12-24-13-10-16)26-22(29)17-6-5-11-25-21(17)27-18-7-3-4-8-20(18)30-2/h3-15H,1-2H3,(H,25,27)(H,26,29). The number of rotatable bonds is 7. The van der Waals surface area contributed by atoms with Crippen LogP contribution in [-0.2, 0) is 0 Å². The monoisotopic (exact) mass is 431 g/mol. The molecule has 156 valence electrons. The van der Waals surface area contributed by atoms with E-state index in [2.05, 4.69) is 25.6 Å². The number of ether oxygens (including phenoxy) is 1. The van der Waals surface area contributed by atoms with Crippen LogP contribution in [0.1, 0.15) is 28.3 Å². The summed E-state index contributed by atoms with van der Waals surface area (Å²) >= 11 is 1.51. The molecule has 7 nitrogen and oxygen atoms in total. The van der Waals surface area contributed by atoms with E-state index in [4.69, 9.17) is 4.74 Å². The van der Waals surface area contributed by atoms with Crippen molar-refractivity contribution in [3.8, 4) is 17.0 Å². The molecule has 0 aliphatic rings. The van der Waals surface area contributed by atoms with Crippen molar-refractivity contribution in [3.63, 3.8) is 0 Å². The van der Waals surface area contributed by atoms with E-state index in [1.165, 1.54) is 11.3 Å². The minimum Gasteiger partial charge on any atom is -0.495 e. The van der Waals surface area contributed by atoms with E-state index in [-0.39, 0.29) is 11.9 Å². The third-order valence-electron chi connectivity index (χ3n) is 4.63. The first-order chi connectivity index (χ1) is 15.2. The fourth-order valence-corrected chi connectivity index (χ4v) is 3.88. The summed E-state index contributed by atoms with van der Waals surface area (Å²) in [5.74, 6) is 0.881. The second-order valence-electron chi connectivity index (χ2n) is 6.73. The molecule has 31 heavy (non-hydrogen) atoms. The van der Waals surface area contributed by atoms with Gasteiger partial charge in [0.1, 0.15) is 16.6 Å². The predicted octanol–water partition coefficient (Wildman–Crippen LogP) is 4.84. The smallest absolute Gasteiger partial charge is 0.255 e. The van der Waals surface area contributed by atoms with Crippen molar-refractivity contribution in [3.05, 3.63) is 83.1 Å². The van der Waals surface area contributed by atoms with E-state index in [9.17, 15) is 4.79 Å². The van der Waals surface area contributed by atoms with Gasteiger partial charge in [0.15, 0.2) is 0 Å². The van der Waals surface area contributed by atoms with Crippen LogP contribution in [-0.4, -0.2) is 28.0 Å². The molecule has 0 radical (unpaired) electrons. The number of thiazole rings is 1. The van der Waals surface area contributed by atoms with Gasteiger partial charge in [-0.15, -0.1) is 11.3 Å². The molecule has 1 atom stereocenters. The summed E-state index contributed by atoms with van der Waals surface area (Å²) < 4.78 is 5.38. The number of nitrogens with one attached hydrogen (secondary N) is 2. The van der Waals surface area contributed by atoms with Gasteiger partial charge in [0.05, 0.1) is 30.1 Å². The van der Waals surface area contributed by atoms with E-state index in [1.807, 2.05) is 48.7 Å². The van der Waals surface area contributed by atoms with E-state index >= 15 is 0 Å². The molecule has 0 bridgehead atoms. The lowest BCUT2D eigenvalue weighted by atomic mass is 10.2. The summed E-state index contributed by atoms with van der Waals surface area (Å²) in [6, 6.07) is 14.5. The summed E-state index contributed by atoms with van der Waals surface area (Å²) in [5.41, 5.74) is 3.02. The Kier molecular flexibility index (Phi) is 6.18. The Balaban J connectivity index is 1.51. The first kappa shape index (κ1) is 20.5. The summed E-state index contributed by atoms with van der Waals surface area (Å²) in [6.07, 6.45) is 5.11. The van der Waals surface area contributed by atoms with Crippen LogP contribution < -0.4 is 15.4 Å². The minimum atomic E-state index is -0.257. The molecular weight excluding hydrogens is 410 g/mol. The molecule has 2 N–H and O–H groups in total. The highest BCUT2D eigenvalue weighted by molar-refractivity contribution is 7.10. The number of methoxy groups -OCH3 is 1. The minimum absolute atomic E-state index is 0.237. The Bertz CT molecular complexity index is 1180. The summed E-state index contributed by atoms with van der Waals surface area (Å²) in [7, 11) is 1.60. The molecule has 0 saturated carbocycles. The molecule has 0 fully saturated rings. The lowest BCUT2D eigenvalue weighted by molar-refractivity contribution is 0.0940. The van der Waals surface area contributed by atoms with Gasteiger partial charge in [-0.25, -0.2) is 9.97 Å². The Labute approximate surface area is 184 Å². The third-order valence-corrected chi connectivity index (χ3v) is 5.66. The van der Waals surface area contributed by atoms with Crippen molar-refractivity contribution in [1.29, 1.82) is 0 Å². The molecule has 4 rings (SSSR count). The zero-order valence-electron chi connectivity index (χ0n) is 17.1. The van der Waals surface area contributed by atoms with Gasteiger partial charge in [0.2, 0.25) is 0 Å². The fraction of sp³-hybridized carbons (Fsp3) is 0.130. The number of carbonyl (C=O) groups excluding carboxylic acids is 1. The highest BCUT2D eigenvalue weighted by Crippen LogP contribution is 2.28. The Morgan fingerprint density at radius 3 is 2.68 bits per heavy atom. The second kappa shape index (κ2) is 9.36. The Hall–Kier alpha value is -3.78. The zero-order valence-corrected chi connectivity index (χ0v) is 17.9. The van der Waals surface area contributed by atoms with Crippen molar-refractivity contribution in [2.45, 2.75) is 13.0 Å². The zero-order chi connectivity index (χ0) is 21.6. The number of hydrogen-bond donors (Lipinski definition) is 2. The van der Waals surface area contributed by atoms with E-state index in [0.717, 1.165) is 22.0 Å². The van der Waals surface area contributed by atoms with Crippen molar-refractivity contribution in [2.24, 2.45) is 0 Å². The molecule has 4 aromatic rings. The van der Waals surface area contributed by atoms with Crippen molar-refractivity contribution < 1.29 is 9.53 Å². The first-order valence-corrected chi connectivity index (χ1v) is 10.6. The van der Waals surface area contributed by atoms with Crippen molar-refractivity contribution in [2.75, 3.05) is 12.4 Å². The van der Waals surface area contributed by atoms with Crippen LogP contribution in [0.3, 0.4) is 0 Å². The Morgan fingerprint density at radius 2 is 1.87 bits per heavy atom. The van der Waals surface area contributed by atoms with Crippen LogP contribution in [0.5, 0.6) is 5.75 Å². The molecule has 1 unspecified atom stereocenters.